The van der Waals surface area contributed by atoms with E-state index < -0.39 is 4.92 Å². The first-order chi connectivity index (χ1) is 11.0. The highest BCUT2D eigenvalue weighted by Crippen LogP contribution is 2.34. The third-order valence-electron chi connectivity index (χ3n) is 3.71. The maximum absolute atomic E-state index is 10.9. The van der Waals surface area contributed by atoms with Crippen LogP contribution in [0.5, 0.6) is 0 Å². The Morgan fingerprint density at radius 2 is 2.09 bits per heavy atom. The normalized spacial score (nSPS) is 10.9. The van der Waals surface area contributed by atoms with Gasteiger partial charge in [-0.3, -0.25) is 10.1 Å². The van der Waals surface area contributed by atoms with Gasteiger partial charge in [0.05, 0.1) is 10.3 Å². The van der Waals surface area contributed by atoms with Crippen molar-refractivity contribution in [2.45, 2.75) is 27.2 Å². The number of non-ortho nitro benzene ring substituents is 1. The highest BCUT2D eigenvalue weighted by atomic mass is 32.1. The van der Waals surface area contributed by atoms with Crippen LogP contribution in [-0.2, 0) is 6.42 Å². The van der Waals surface area contributed by atoms with Crippen molar-refractivity contribution in [3.8, 4) is 0 Å². The van der Waals surface area contributed by atoms with Crippen molar-refractivity contribution >= 4 is 38.7 Å². The molecule has 0 radical (unpaired) electrons. The molecule has 0 fully saturated rings. The summed E-state index contributed by atoms with van der Waals surface area (Å²) in [7, 11) is 0. The lowest BCUT2D eigenvalue weighted by molar-refractivity contribution is -0.384. The Kier molecular flexibility index (Phi) is 3.96. The van der Waals surface area contributed by atoms with Gasteiger partial charge in [-0.2, -0.15) is 0 Å². The van der Waals surface area contributed by atoms with Gasteiger partial charge in [-0.25, -0.2) is 9.97 Å². The second-order valence-electron chi connectivity index (χ2n) is 5.24. The van der Waals surface area contributed by atoms with Crippen LogP contribution in [0.25, 0.3) is 10.2 Å². The maximum Gasteiger partial charge on any atom is 0.271 e. The maximum atomic E-state index is 10.9. The van der Waals surface area contributed by atoms with Crippen LogP contribution in [0.3, 0.4) is 0 Å². The van der Waals surface area contributed by atoms with E-state index in [2.05, 4.69) is 22.2 Å². The fourth-order valence-electron chi connectivity index (χ4n) is 2.38. The summed E-state index contributed by atoms with van der Waals surface area (Å²) in [5.74, 6) is 1.46. The second-order valence-corrected chi connectivity index (χ2v) is 6.44. The second kappa shape index (κ2) is 5.92. The highest BCUT2D eigenvalue weighted by Gasteiger charge is 2.15. The standard InChI is InChI=1S/C16H16N4O2S/c1-4-13-18-15(14-9(2)10(3)23-16(14)19-13)17-11-6-5-7-12(8-11)20(21)22/h5-8H,4H2,1-3H3,(H,17,18,19). The summed E-state index contributed by atoms with van der Waals surface area (Å²) >= 11 is 1.64. The minimum absolute atomic E-state index is 0.0502. The fourth-order valence-corrected chi connectivity index (χ4v) is 3.42. The summed E-state index contributed by atoms with van der Waals surface area (Å²) in [6.45, 7) is 6.11. The van der Waals surface area contributed by atoms with E-state index in [-0.39, 0.29) is 5.69 Å². The van der Waals surface area contributed by atoms with Gasteiger partial charge in [0.25, 0.3) is 5.69 Å². The third kappa shape index (κ3) is 2.87. The van der Waals surface area contributed by atoms with E-state index in [9.17, 15) is 10.1 Å². The fraction of sp³-hybridized carbons (Fsp3) is 0.250. The smallest absolute Gasteiger partial charge is 0.271 e. The van der Waals surface area contributed by atoms with Crippen LogP contribution >= 0.6 is 11.3 Å². The molecule has 3 aromatic rings. The molecule has 0 aliphatic heterocycles. The largest absolute Gasteiger partial charge is 0.339 e. The number of nitrogens with one attached hydrogen (secondary N) is 1. The van der Waals surface area contributed by atoms with Crippen molar-refractivity contribution in [3.63, 3.8) is 0 Å². The van der Waals surface area contributed by atoms with Crippen molar-refractivity contribution in [1.29, 1.82) is 0 Å². The molecule has 2 aromatic heterocycles. The van der Waals surface area contributed by atoms with Crippen molar-refractivity contribution < 1.29 is 4.92 Å². The van der Waals surface area contributed by atoms with E-state index in [1.54, 1.807) is 23.5 Å². The van der Waals surface area contributed by atoms with E-state index in [0.29, 0.717) is 11.5 Å². The van der Waals surface area contributed by atoms with Gasteiger partial charge in [0, 0.05) is 29.1 Å². The lowest BCUT2D eigenvalue weighted by Gasteiger charge is -2.09. The number of nitro benzene ring substituents is 1. The van der Waals surface area contributed by atoms with Crippen molar-refractivity contribution in [2.75, 3.05) is 5.32 Å². The first-order valence-corrected chi connectivity index (χ1v) is 8.09. The molecule has 0 aliphatic carbocycles. The molecular weight excluding hydrogens is 312 g/mol. The summed E-state index contributed by atoms with van der Waals surface area (Å²) < 4.78 is 0. The minimum atomic E-state index is -0.405. The van der Waals surface area contributed by atoms with Gasteiger partial charge in [-0.1, -0.05) is 13.0 Å². The Balaban J connectivity index is 2.12. The topological polar surface area (TPSA) is 81.0 Å². The van der Waals surface area contributed by atoms with Gasteiger partial charge < -0.3 is 5.32 Å². The Morgan fingerprint density at radius 1 is 1.30 bits per heavy atom. The zero-order chi connectivity index (χ0) is 16.6. The Labute approximate surface area is 137 Å². The molecule has 0 atom stereocenters. The summed E-state index contributed by atoms with van der Waals surface area (Å²) in [6.07, 6.45) is 0.732. The number of hydrogen-bond acceptors (Lipinski definition) is 6. The Hall–Kier alpha value is -2.54. The number of thiophene rings is 1. The average molecular weight is 328 g/mol. The van der Waals surface area contributed by atoms with Gasteiger partial charge in [-0.15, -0.1) is 11.3 Å². The number of nitro groups is 1. The lowest BCUT2D eigenvalue weighted by atomic mass is 10.2. The van der Waals surface area contributed by atoms with Gasteiger partial charge in [0.15, 0.2) is 0 Å². The zero-order valence-electron chi connectivity index (χ0n) is 13.1. The van der Waals surface area contributed by atoms with Gasteiger partial charge in [0.1, 0.15) is 16.5 Å². The number of benzene rings is 1. The monoisotopic (exact) mass is 328 g/mol. The molecule has 3 rings (SSSR count). The van der Waals surface area contributed by atoms with Crippen LogP contribution in [0.2, 0.25) is 0 Å². The van der Waals surface area contributed by atoms with Gasteiger partial charge in [0.2, 0.25) is 0 Å². The van der Waals surface area contributed by atoms with Crippen LogP contribution in [0, 0.1) is 24.0 Å². The van der Waals surface area contributed by atoms with E-state index in [4.69, 9.17) is 0 Å². The summed E-state index contributed by atoms with van der Waals surface area (Å²) in [5.41, 5.74) is 1.83. The van der Waals surface area contributed by atoms with Crippen LogP contribution in [-0.4, -0.2) is 14.9 Å². The van der Waals surface area contributed by atoms with Crippen molar-refractivity contribution in [1.82, 2.24) is 9.97 Å². The summed E-state index contributed by atoms with van der Waals surface area (Å²) in [6, 6.07) is 6.43. The molecule has 118 valence electrons. The molecule has 0 spiro atoms. The number of nitrogens with zero attached hydrogens (tertiary/aromatic N) is 3. The van der Waals surface area contributed by atoms with Crippen LogP contribution in [0.1, 0.15) is 23.2 Å². The molecule has 0 saturated heterocycles. The van der Waals surface area contributed by atoms with Crippen molar-refractivity contribution in [2.24, 2.45) is 0 Å². The Morgan fingerprint density at radius 3 is 2.78 bits per heavy atom. The SMILES string of the molecule is CCc1nc(Nc2cccc([N+](=O)[O-])c2)c2c(C)c(C)sc2n1. The van der Waals surface area contributed by atoms with E-state index >= 15 is 0 Å². The van der Waals surface area contributed by atoms with E-state index in [1.165, 1.54) is 17.0 Å². The molecule has 7 heteroatoms. The van der Waals surface area contributed by atoms with E-state index in [0.717, 1.165) is 28.0 Å². The zero-order valence-corrected chi connectivity index (χ0v) is 13.9. The molecular formula is C16H16N4O2S. The molecule has 0 saturated carbocycles. The molecule has 6 nitrogen and oxygen atoms in total. The highest BCUT2D eigenvalue weighted by molar-refractivity contribution is 7.18. The minimum Gasteiger partial charge on any atom is -0.339 e. The van der Waals surface area contributed by atoms with Crippen molar-refractivity contribution in [3.05, 3.63) is 50.6 Å². The summed E-state index contributed by atoms with van der Waals surface area (Å²) in [4.78, 5) is 21.8. The first-order valence-electron chi connectivity index (χ1n) is 7.27. The molecule has 0 bridgehead atoms. The van der Waals surface area contributed by atoms with E-state index in [1.807, 2.05) is 13.8 Å². The molecule has 1 N–H and O–H groups in total. The quantitative estimate of drug-likeness (QED) is 0.562. The number of aryl methyl sites for hydroxylation is 3. The molecule has 0 amide bonds. The predicted molar refractivity (Wildman–Crippen MR) is 92.6 cm³/mol. The predicted octanol–water partition coefficient (Wildman–Crippen LogP) is 4.52. The number of aromatic nitrogens is 2. The van der Waals surface area contributed by atoms with Crippen LogP contribution < -0.4 is 5.32 Å². The molecule has 0 unspecified atom stereocenters. The average Bonchev–Trinajstić information content (AvgIpc) is 2.82. The van der Waals surface area contributed by atoms with Gasteiger partial charge in [-0.05, 0) is 25.5 Å². The molecule has 1 aromatic carbocycles. The molecule has 23 heavy (non-hydrogen) atoms. The Bertz CT molecular complexity index is 904. The number of rotatable bonds is 4. The van der Waals surface area contributed by atoms with Crippen LogP contribution in [0.4, 0.5) is 17.2 Å². The third-order valence-corrected chi connectivity index (χ3v) is 4.81. The first kappa shape index (κ1) is 15.4. The number of hydrogen-bond donors (Lipinski definition) is 1. The van der Waals surface area contributed by atoms with Gasteiger partial charge >= 0.3 is 0 Å². The lowest BCUT2D eigenvalue weighted by Crippen LogP contribution is -2.01. The number of fused-ring (bicyclic) bond motifs is 1. The molecule has 2 heterocycles. The summed E-state index contributed by atoms with van der Waals surface area (Å²) in [5, 5.41) is 15.1. The molecule has 0 aliphatic rings. The number of anilines is 2. The van der Waals surface area contributed by atoms with Crippen LogP contribution in [0.15, 0.2) is 24.3 Å².